The van der Waals surface area contributed by atoms with Gasteiger partial charge in [0.15, 0.2) is 0 Å². The van der Waals surface area contributed by atoms with Gasteiger partial charge in [-0.05, 0) is 28.9 Å². The number of likely N-dealkylation sites (N-methyl/N-ethyl adjacent to an activating group) is 1. The van der Waals surface area contributed by atoms with Crippen LogP contribution in [0.1, 0.15) is 38.4 Å². The average molecular weight is 304 g/mol. The highest BCUT2D eigenvalue weighted by Crippen LogP contribution is 2.28. The molecular formula is C12H22BrN3O. The van der Waals surface area contributed by atoms with Crippen LogP contribution >= 0.6 is 15.9 Å². The van der Waals surface area contributed by atoms with Crippen LogP contribution in [0, 0.1) is 0 Å². The lowest BCUT2D eigenvalue weighted by Crippen LogP contribution is -2.35. The fourth-order valence-corrected chi connectivity index (χ4v) is 2.69. The van der Waals surface area contributed by atoms with Gasteiger partial charge < -0.3 is 10.1 Å². The summed E-state index contributed by atoms with van der Waals surface area (Å²) in [5.41, 5.74) is 1.15. The van der Waals surface area contributed by atoms with E-state index in [1.807, 2.05) is 17.9 Å². The van der Waals surface area contributed by atoms with E-state index in [0.717, 1.165) is 29.6 Å². The summed E-state index contributed by atoms with van der Waals surface area (Å²) in [4.78, 5) is 0. The molecule has 0 fully saturated rings. The minimum atomic E-state index is 0.173. The van der Waals surface area contributed by atoms with E-state index in [-0.39, 0.29) is 12.1 Å². The van der Waals surface area contributed by atoms with Gasteiger partial charge in [-0.2, -0.15) is 5.10 Å². The van der Waals surface area contributed by atoms with E-state index < -0.39 is 0 Å². The molecule has 1 N–H and O–H groups in total. The van der Waals surface area contributed by atoms with Crippen LogP contribution in [-0.4, -0.2) is 29.5 Å². The molecule has 98 valence electrons. The fourth-order valence-electron chi connectivity index (χ4n) is 2.10. The van der Waals surface area contributed by atoms with E-state index >= 15 is 0 Å². The quantitative estimate of drug-likeness (QED) is 0.842. The van der Waals surface area contributed by atoms with Crippen LogP contribution in [0.5, 0.6) is 0 Å². The van der Waals surface area contributed by atoms with Gasteiger partial charge in [-0.25, -0.2) is 0 Å². The van der Waals surface area contributed by atoms with Gasteiger partial charge in [-0.1, -0.05) is 20.3 Å². The number of ether oxygens (including phenoxy) is 1. The van der Waals surface area contributed by atoms with Crippen LogP contribution in [0.25, 0.3) is 0 Å². The predicted octanol–water partition coefficient (Wildman–Crippen LogP) is 2.65. The Morgan fingerprint density at radius 1 is 1.53 bits per heavy atom. The first-order valence-corrected chi connectivity index (χ1v) is 6.88. The molecule has 4 nitrogen and oxygen atoms in total. The lowest BCUT2D eigenvalue weighted by molar-refractivity contribution is 0.0584. The standard InChI is InChI=1S/C12H22BrN3O/c1-5-7-10(17-4)11(14-6-2)12-9(13)8-15-16(12)3/h8,10-11,14H,5-7H2,1-4H3. The first-order chi connectivity index (χ1) is 8.15. The van der Waals surface area contributed by atoms with Crippen LogP contribution in [0.4, 0.5) is 0 Å². The van der Waals surface area contributed by atoms with Crippen molar-refractivity contribution >= 4 is 15.9 Å². The number of nitrogens with one attached hydrogen (secondary N) is 1. The number of hydrogen-bond donors (Lipinski definition) is 1. The molecular weight excluding hydrogens is 282 g/mol. The van der Waals surface area contributed by atoms with Crippen LogP contribution in [0.2, 0.25) is 0 Å². The highest BCUT2D eigenvalue weighted by atomic mass is 79.9. The van der Waals surface area contributed by atoms with E-state index in [4.69, 9.17) is 4.74 Å². The number of halogens is 1. The summed E-state index contributed by atoms with van der Waals surface area (Å²) in [6, 6.07) is 0.173. The summed E-state index contributed by atoms with van der Waals surface area (Å²) in [6.07, 6.45) is 4.15. The van der Waals surface area contributed by atoms with Gasteiger partial charge in [0.05, 0.1) is 28.5 Å². The SMILES string of the molecule is CCCC(OC)C(NCC)c1c(Br)cnn1C. The lowest BCUT2D eigenvalue weighted by atomic mass is 10.0. The smallest absolute Gasteiger partial charge is 0.0781 e. The van der Waals surface area contributed by atoms with Crippen molar-refractivity contribution in [3.8, 4) is 0 Å². The Labute approximate surface area is 112 Å². The molecule has 2 unspecified atom stereocenters. The van der Waals surface area contributed by atoms with E-state index in [9.17, 15) is 0 Å². The van der Waals surface area contributed by atoms with Crippen LogP contribution in [0.3, 0.4) is 0 Å². The molecule has 0 bridgehead atoms. The molecule has 0 aliphatic rings. The van der Waals surface area contributed by atoms with Crippen molar-refractivity contribution in [1.82, 2.24) is 15.1 Å². The number of nitrogens with zero attached hydrogens (tertiary/aromatic N) is 2. The zero-order chi connectivity index (χ0) is 12.8. The molecule has 0 spiro atoms. The number of methoxy groups -OCH3 is 1. The molecule has 0 aliphatic heterocycles. The Balaban J connectivity index is 2.98. The molecule has 2 atom stereocenters. The van der Waals surface area contributed by atoms with Crippen LogP contribution in [0.15, 0.2) is 10.7 Å². The van der Waals surface area contributed by atoms with Crippen molar-refractivity contribution in [3.05, 3.63) is 16.4 Å². The van der Waals surface area contributed by atoms with Gasteiger partial charge in [-0.3, -0.25) is 4.68 Å². The topological polar surface area (TPSA) is 39.1 Å². The number of aromatic nitrogens is 2. The number of hydrogen-bond acceptors (Lipinski definition) is 3. The van der Waals surface area contributed by atoms with Gasteiger partial charge in [0, 0.05) is 14.2 Å². The number of rotatable bonds is 7. The zero-order valence-electron chi connectivity index (χ0n) is 11.0. The second-order valence-corrected chi connectivity index (χ2v) is 4.95. The fraction of sp³-hybridized carbons (Fsp3) is 0.750. The third-order valence-electron chi connectivity index (χ3n) is 2.90. The molecule has 0 radical (unpaired) electrons. The molecule has 1 aromatic rings. The van der Waals surface area contributed by atoms with Gasteiger partial charge in [0.25, 0.3) is 0 Å². The highest BCUT2D eigenvalue weighted by molar-refractivity contribution is 9.10. The monoisotopic (exact) mass is 303 g/mol. The van der Waals surface area contributed by atoms with Crippen molar-refractivity contribution in [3.63, 3.8) is 0 Å². The molecule has 0 saturated heterocycles. The van der Waals surface area contributed by atoms with Crippen molar-refractivity contribution in [2.24, 2.45) is 7.05 Å². The average Bonchev–Trinajstić information content (AvgIpc) is 2.64. The first-order valence-electron chi connectivity index (χ1n) is 6.09. The molecule has 0 aliphatic carbocycles. The summed E-state index contributed by atoms with van der Waals surface area (Å²) < 4.78 is 8.55. The Kier molecular flexibility index (Phi) is 6.16. The van der Waals surface area contributed by atoms with Crippen molar-refractivity contribution in [2.45, 2.75) is 38.8 Å². The first kappa shape index (κ1) is 14.7. The van der Waals surface area contributed by atoms with Gasteiger partial charge in [0.2, 0.25) is 0 Å². The van der Waals surface area contributed by atoms with E-state index in [1.165, 1.54) is 0 Å². The normalized spacial score (nSPS) is 14.9. The maximum atomic E-state index is 5.61. The third-order valence-corrected chi connectivity index (χ3v) is 3.51. The molecule has 0 saturated carbocycles. The summed E-state index contributed by atoms with van der Waals surface area (Å²) in [6.45, 7) is 5.19. The molecule has 5 heteroatoms. The van der Waals surface area contributed by atoms with Gasteiger partial charge in [0.1, 0.15) is 0 Å². The summed E-state index contributed by atoms with van der Waals surface area (Å²) >= 11 is 3.56. The predicted molar refractivity (Wildman–Crippen MR) is 73.0 cm³/mol. The molecule has 1 aromatic heterocycles. The minimum absolute atomic E-state index is 0.173. The van der Waals surface area contributed by atoms with Gasteiger partial charge in [-0.15, -0.1) is 0 Å². The molecule has 1 heterocycles. The van der Waals surface area contributed by atoms with E-state index in [1.54, 1.807) is 7.11 Å². The zero-order valence-corrected chi connectivity index (χ0v) is 12.6. The Morgan fingerprint density at radius 3 is 2.65 bits per heavy atom. The maximum Gasteiger partial charge on any atom is 0.0781 e. The van der Waals surface area contributed by atoms with Crippen LogP contribution in [-0.2, 0) is 11.8 Å². The lowest BCUT2D eigenvalue weighted by Gasteiger charge is -2.27. The number of aryl methyl sites for hydroxylation is 1. The molecule has 0 amide bonds. The molecule has 17 heavy (non-hydrogen) atoms. The van der Waals surface area contributed by atoms with Crippen molar-refractivity contribution in [2.75, 3.05) is 13.7 Å². The maximum absolute atomic E-state index is 5.61. The third kappa shape index (κ3) is 3.53. The Morgan fingerprint density at radius 2 is 2.24 bits per heavy atom. The molecule has 0 aromatic carbocycles. The Bertz CT molecular complexity index is 321. The van der Waals surface area contributed by atoms with Crippen LogP contribution < -0.4 is 5.32 Å². The summed E-state index contributed by atoms with van der Waals surface area (Å²) in [5, 5.41) is 7.76. The summed E-state index contributed by atoms with van der Waals surface area (Å²) in [5.74, 6) is 0. The second kappa shape index (κ2) is 7.13. The second-order valence-electron chi connectivity index (χ2n) is 4.10. The largest absolute Gasteiger partial charge is 0.379 e. The Hall–Kier alpha value is -0.390. The van der Waals surface area contributed by atoms with Gasteiger partial charge >= 0.3 is 0 Å². The van der Waals surface area contributed by atoms with Crippen molar-refractivity contribution < 1.29 is 4.74 Å². The van der Waals surface area contributed by atoms with E-state index in [0.29, 0.717) is 0 Å². The summed E-state index contributed by atoms with van der Waals surface area (Å²) in [7, 11) is 3.73. The highest BCUT2D eigenvalue weighted by Gasteiger charge is 2.26. The molecule has 1 rings (SSSR count). The van der Waals surface area contributed by atoms with E-state index in [2.05, 4.69) is 40.2 Å². The minimum Gasteiger partial charge on any atom is -0.379 e. The van der Waals surface area contributed by atoms with Crippen molar-refractivity contribution in [1.29, 1.82) is 0 Å².